The number of hydrogen-bond donors (Lipinski definition) is 1. The summed E-state index contributed by atoms with van der Waals surface area (Å²) in [6.45, 7) is 4.10. The minimum atomic E-state index is -0.114. The SMILES string of the molecule is c1ccc2c(c1)c1ccccc1n2CCB1OCCNCCO1. The summed E-state index contributed by atoms with van der Waals surface area (Å²) in [4.78, 5) is 0. The smallest absolute Gasteiger partial charge is 0.410 e. The zero-order valence-electron chi connectivity index (χ0n) is 13.2. The second-order valence-electron chi connectivity index (χ2n) is 5.90. The first-order valence-corrected chi connectivity index (χ1v) is 8.33. The van der Waals surface area contributed by atoms with E-state index in [0.29, 0.717) is 13.2 Å². The molecule has 1 N–H and O–H groups in total. The summed E-state index contributed by atoms with van der Waals surface area (Å²) < 4.78 is 14.0. The molecule has 0 bridgehead atoms. The first kappa shape index (κ1) is 14.8. The zero-order valence-corrected chi connectivity index (χ0v) is 13.2. The van der Waals surface area contributed by atoms with Gasteiger partial charge in [-0.05, 0) is 12.1 Å². The minimum absolute atomic E-state index is 0.114. The Kier molecular flexibility index (Phi) is 4.33. The van der Waals surface area contributed by atoms with Gasteiger partial charge in [-0.3, -0.25) is 0 Å². The lowest BCUT2D eigenvalue weighted by Gasteiger charge is -2.19. The standard InChI is InChI=1S/C18H21BN2O2/c1-3-7-17-15(5-1)16-6-2-4-8-18(16)21(17)12-9-19-22-13-10-20-11-14-23-19/h1-8,20H,9-14H2. The summed E-state index contributed by atoms with van der Waals surface area (Å²) in [6.07, 6.45) is 0.864. The van der Waals surface area contributed by atoms with E-state index in [1.807, 2.05) is 0 Å². The highest BCUT2D eigenvalue weighted by atomic mass is 16.6. The number of rotatable bonds is 3. The second-order valence-corrected chi connectivity index (χ2v) is 5.90. The zero-order chi connectivity index (χ0) is 15.5. The molecule has 2 heterocycles. The molecule has 0 unspecified atom stereocenters. The summed E-state index contributed by atoms with van der Waals surface area (Å²) in [5, 5.41) is 5.89. The topological polar surface area (TPSA) is 35.4 Å². The van der Waals surface area contributed by atoms with Crippen LogP contribution in [0.4, 0.5) is 0 Å². The fourth-order valence-corrected chi connectivity index (χ4v) is 3.34. The van der Waals surface area contributed by atoms with E-state index in [-0.39, 0.29) is 7.12 Å². The maximum Gasteiger partial charge on any atom is 0.458 e. The van der Waals surface area contributed by atoms with E-state index in [1.165, 1.54) is 21.8 Å². The molecule has 0 atom stereocenters. The van der Waals surface area contributed by atoms with Crippen LogP contribution in [0.15, 0.2) is 48.5 Å². The number of para-hydroxylation sites is 2. The highest BCUT2D eigenvalue weighted by molar-refractivity contribution is 6.44. The summed E-state index contributed by atoms with van der Waals surface area (Å²) in [7, 11) is -0.114. The van der Waals surface area contributed by atoms with Crippen molar-refractivity contribution in [3.63, 3.8) is 0 Å². The Morgan fingerprint density at radius 3 is 2.04 bits per heavy atom. The lowest BCUT2D eigenvalue weighted by Crippen LogP contribution is -2.36. The molecule has 4 nitrogen and oxygen atoms in total. The normalized spacial score (nSPS) is 16.6. The van der Waals surface area contributed by atoms with E-state index in [1.54, 1.807) is 0 Å². The van der Waals surface area contributed by atoms with Crippen molar-refractivity contribution in [1.82, 2.24) is 9.88 Å². The van der Waals surface area contributed by atoms with Crippen molar-refractivity contribution in [2.24, 2.45) is 0 Å². The van der Waals surface area contributed by atoms with E-state index in [0.717, 1.165) is 26.0 Å². The Morgan fingerprint density at radius 2 is 1.43 bits per heavy atom. The molecular formula is C18H21BN2O2. The van der Waals surface area contributed by atoms with Crippen LogP contribution in [0.2, 0.25) is 6.32 Å². The summed E-state index contributed by atoms with van der Waals surface area (Å²) in [6, 6.07) is 17.2. The predicted octanol–water partition coefficient (Wildman–Crippen LogP) is 2.92. The van der Waals surface area contributed by atoms with Gasteiger partial charge in [0.15, 0.2) is 0 Å². The number of nitrogens with zero attached hydrogens (tertiary/aromatic N) is 1. The van der Waals surface area contributed by atoms with Crippen LogP contribution in [0.1, 0.15) is 0 Å². The van der Waals surface area contributed by atoms with Crippen LogP contribution in [-0.2, 0) is 15.9 Å². The molecular weight excluding hydrogens is 287 g/mol. The van der Waals surface area contributed by atoms with Gasteiger partial charge in [-0.15, -0.1) is 0 Å². The van der Waals surface area contributed by atoms with Crippen molar-refractivity contribution in [2.45, 2.75) is 12.9 Å². The number of fused-ring (bicyclic) bond motifs is 3. The Hall–Kier alpha value is -1.82. The molecule has 1 aliphatic heterocycles. The molecule has 1 saturated heterocycles. The van der Waals surface area contributed by atoms with Crippen molar-refractivity contribution in [2.75, 3.05) is 26.3 Å². The third-order valence-electron chi connectivity index (χ3n) is 4.43. The molecule has 118 valence electrons. The number of aromatic nitrogens is 1. The Bertz CT molecular complexity index is 741. The first-order valence-electron chi connectivity index (χ1n) is 8.33. The summed E-state index contributed by atoms with van der Waals surface area (Å²) in [5.41, 5.74) is 2.56. The lowest BCUT2D eigenvalue weighted by atomic mass is 9.84. The molecule has 23 heavy (non-hydrogen) atoms. The third-order valence-corrected chi connectivity index (χ3v) is 4.43. The molecule has 1 aromatic heterocycles. The van der Waals surface area contributed by atoms with E-state index in [9.17, 15) is 0 Å². The average Bonchev–Trinajstić information content (AvgIpc) is 2.88. The second kappa shape index (κ2) is 6.75. The maximum absolute atomic E-state index is 5.81. The summed E-state index contributed by atoms with van der Waals surface area (Å²) in [5.74, 6) is 0. The Balaban J connectivity index is 1.62. The maximum atomic E-state index is 5.81. The molecule has 1 fully saturated rings. The minimum Gasteiger partial charge on any atom is -0.410 e. The monoisotopic (exact) mass is 308 g/mol. The highest BCUT2D eigenvalue weighted by Gasteiger charge is 2.20. The van der Waals surface area contributed by atoms with Gasteiger partial charge in [-0.1, -0.05) is 36.4 Å². The fourth-order valence-electron chi connectivity index (χ4n) is 3.34. The highest BCUT2D eigenvalue weighted by Crippen LogP contribution is 2.29. The molecule has 0 saturated carbocycles. The molecule has 3 aromatic rings. The van der Waals surface area contributed by atoms with Crippen molar-refractivity contribution in [3.8, 4) is 0 Å². The Labute approximate surface area is 136 Å². The van der Waals surface area contributed by atoms with Crippen LogP contribution in [0.5, 0.6) is 0 Å². The quantitative estimate of drug-likeness (QED) is 0.756. The van der Waals surface area contributed by atoms with Gasteiger partial charge >= 0.3 is 7.12 Å². The van der Waals surface area contributed by atoms with Crippen molar-refractivity contribution in [3.05, 3.63) is 48.5 Å². The molecule has 0 spiro atoms. The number of nitrogens with one attached hydrogen (secondary N) is 1. The molecule has 2 aromatic carbocycles. The van der Waals surface area contributed by atoms with Crippen molar-refractivity contribution >= 4 is 28.9 Å². The van der Waals surface area contributed by atoms with E-state index < -0.39 is 0 Å². The van der Waals surface area contributed by atoms with Crippen LogP contribution >= 0.6 is 0 Å². The van der Waals surface area contributed by atoms with Crippen LogP contribution in [0.3, 0.4) is 0 Å². The number of benzene rings is 2. The van der Waals surface area contributed by atoms with Crippen LogP contribution in [0, 0.1) is 0 Å². The molecule has 5 heteroatoms. The van der Waals surface area contributed by atoms with E-state index in [2.05, 4.69) is 58.4 Å². The first-order chi connectivity index (χ1) is 11.4. The molecule has 0 radical (unpaired) electrons. The summed E-state index contributed by atoms with van der Waals surface area (Å²) >= 11 is 0. The van der Waals surface area contributed by atoms with Gasteiger partial charge in [-0.25, -0.2) is 0 Å². The van der Waals surface area contributed by atoms with Gasteiger partial charge in [0.05, 0.1) is 0 Å². The molecule has 0 amide bonds. The predicted molar refractivity (Wildman–Crippen MR) is 94.8 cm³/mol. The largest absolute Gasteiger partial charge is 0.458 e. The van der Waals surface area contributed by atoms with Crippen LogP contribution < -0.4 is 5.32 Å². The van der Waals surface area contributed by atoms with Gasteiger partial charge in [-0.2, -0.15) is 0 Å². The molecule has 4 rings (SSSR count). The van der Waals surface area contributed by atoms with E-state index >= 15 is 0 Å². The van der Waals surface area contributed by atoms with Gasteiger partial charge in [0.25, 0.3) is 0 Å². The van der Waals surface area contributed by atoms with Gasteiger partial charge < -0.3 is 19.2 Å². The van der Waals surface area contributed by atoms with Crippen molar-refractivity contribution < 1.29 is 9.31 Å². The van der Waals surface area contributed by atoms with Crippen LogP contribution in [0.25, 0.3) is 21.8 Å². The molecule has 0 aliphatic carbocycles. The number of hydrogen-bond acceptors (Lipinski definition) is 3. The van der Waals surface area contributed by atoms with Crippen LogP contribution in [-0.4, -0.2) is 38.0 Å². The third kappa shape index (κ3) is 3.00. The molecule has 1 aliphatic rings. The van der Waals surface area contributed by atoms with E-state index in [4.69, 9.17) is 9.31 Å². The fraction of sp³-hybridized carbons (Fsp3) is 0.333. The Morgan fingerprint density at radius 1 is 0.870 bits per heavy atom. The number of aryl methyl sites for hydroxylation is 1. The lowest BCUT2D eigenvalue weighted by molar-refractivity contribution is 0.176. The average molecular weight is 308 g/mol. The van der Waals surface area contributed by atoms with Crippen molar-refractivity contribution in [1.29, 1.82) is 0 Å². The van der Waals surface area contributed by atoms with Gasteiger partial charge in [0, 0.05) is 61.0 Å². The van der Waals surface area contributed by atoms with Gasteiger partial charge in [0.1, 0.15) is 0 Å². The van der Waals surface area contributed by atoms with Gasteiger partial charge in [0.2, 0.25) is 0 Å².